The Morgan fingerprint density at radius 1 is 1.77 bits per heavy atom. The molecule has 1 N–H and O–H groups in total. The first kappa shape index (κ1) is 8.25. The van der Waals surface area contributed by atoms with Crippen LogP contribution < -0.4 is 5.32 Å². The molecule has 0 aliphatic carbocycles. The Hall–Kier alpha value is -1.36. The number of carbonyl (C=O) groups is 1. The van der Waals surface area contributed by atoms with E-state index in [2.05, 4.69) is 10.3 Å². The SMILES string of the molecule is CC(=O)NCc1ncc2sccn12. The van der Waals surface area contributed by atoms with E-state index >= 15 is 0 Å². The van der Waals surface area contributed by atoms with Crippen molar-refractivity contribution in [3.63, 3.8) is 0 Å². The summed E-state index contributed by atoms with van der Waals surface area (Å²) in [5.41, 5.74) is 0. The van der Waals surface area contributed by atoms with Crippen molar-refractivity contribution < 1.29 is 4.79 Å². The van der Waals surface area contributed by atoms with Crippen LogP contribution in [0.1, 0.15) is 12.7 Å². The quantitative estimate of drug-likeness (QED) is 0.778. The summed E-state index contributed by atoms with van der Waals surface area (Å²) < 4.78 is 1.97. The lowest BCUT2D eigenvalue weighted by Crippen LogP contribution is -2.20. The molecule has 0 saturated heterocycles. The highest BCUT2D eigenvalue weighted by molar-refractivity contribution is 7.15. The van der Waals surface area contributed by atoms with Gasteiger partial charge in [-0.3, -0.25) is 9.20 Å². The van der Waals surface area contributed by atoms with Gasteiger partial charge in [0.05, 0.1) is 12.7 Å². The van der Waals surface area contributed by atoms with Crippen LogP contribution >= 0.6 is 11.3 Å². The van der Waals surface area contributed by atoms with E-state index in [0.29, 0.717) is 6.54 Å². The summed E-state index contributed by atoms with van der Waals surface area (Å²) >= 11 is 1.63. The molecule has 2 heterocycles. The van der Waals surface area contributed by atoms with Gasteiger partial charge >= 0.3 is 0 Å². The maximum atomic E-state index is 10.7. The van der Waals surface area contributed by atoms with Gasteiger partial charge in [0.1, 0.15) is 10.7 Å². The Balaban J connectivity index is 2.23. The molecule has 13 heavy (non-hydrogen) atoms. The van der Waals surface area contributed by atoms with Crippen LogP contribution in [-0.2, 0) is 11.3 Å². The predicted octanol–water partition coefficient (Wildman–Crippen LogP) is 1.03. The summed E-state index contributed by atoms with van der Waals surface area (Å²) in [6.45, 7) is 1.98. The van der Waals surface area contributed by atoms with Crippen LogP contribution in [0.25, 0.3) is 4.83 Å². The Kier molecular flexibility index (Phi) is 2.02. The van der Waals surface area contributed by atoms with E-state index in [1.54, 1.807) is 11.3 Å². The van der Waals surface area contributed by atoms with Crippen LogP contribution in [0.4, 0.5) is 0 Å². The van der Waals surface area contributed by atoms with Crippen LogP contribution in [0.15, 0.2) is 17.8 Å². The largest absolute Gasteiger partial charge is 0.349 e. The third kappa shape index (κ3) is 1.55. The lowest BCUT2D eigenvalue weighted by molar-refractivity contribution is -0.119. The maximum absolute atomic E-state index is 10.7. The molecule has 0 atom stereocenters. The first-order valence-corrected chi connectivity index (χ1v) is 4.79. The zero-order valence-electron chi connectivity index (χ0n) is 7.15. The molecule has 2 aromatic rings. The molecule has 0 spiro atoms. The second kappa shape index (κ2) is 3.18. The van der Waals surface area contributed by atoms with E-state index < -0.39 is 0 Å². The highest BCUT2D eigenvalue weighted by atomic mass is 32.1. The first-order valence-electron chi connectivity index (χ1n) is 3.91. The number of fused-ring (bicyclic) bond motifs is 1. The number of imidazole rings is 1. The third-order valence-electron chi connectivity index (χ3n) is 1.73. The van der Waals surface area contributed by atoms with Gasteiger partial charge in [-0.05, 0) is 0 Å². The molecule has 2 aromatic heterocycles. The number of aromatic nitrogens is 2. The molecule has 68 valence electrons. The minimum absolute atomic E-state index is 0.0352. The van der Waals surface area contributed by atoms with Crippen molar-refractivity contribution in [2.75, 3.05) is 0 Å². The fourth-order valence-electron chi connectivity index (χ4n) is 1.12. The lowest BCUT2D eigenvalue weighted by Gasteiger charge is -1.98. The number of amides is 1. The molecule has 0 saturated carbocycles. The summed E-state index contributed by atoms with van der Waals surface area (Å²) in [6, 6.07) is 0. The molecule has 5 heteroatoms. The van der Waals surface area contributed by atoms with Crippen molar-refractivity contribution in [3.05, 3.63) is 23.6 Å². The molecule has 0 aliphatic heterocycles. The number of rotatable bonds is 2. The second-order valence-corrected chi connectivity index (χ2v) is 3.62. The zero-order chi connectivity index (χ0) is 9.26. The fourth-order valence-corrected chi connectivity index (χ4v) is 1.84. The van der Waals surface area contributed by atoms with Gasteiger partial charge in [-0.25, -0.2) is 4.98 Å². The van der Waals surface area contributed by atoms with Crippen molar-refractivity contribution in [2.24, 2.45) is 0 Å². The Labute approximate surface area is 79.2 Å². The molecular formula is C8H9N3OS. The number of hydrogen-bond acceptors (Lipinski definition) is 3. The molecule has 0 radical (unpaired) electrons. The van der Waals surface area contributed by atoms with Crippen molar-refractivity contribution in [3.8, 4) is 0 Å². The summed E-state index contributed by atoms with van der Waals surface area (Å²) in [6.07, 6.45) is 3.76. The summed E-state index contributed by atoms with van der Waals surface area (Å²) in [5.74, 6) is 0.832. The standard InChI is InChI=1S/C8H9N3OS/c1-6(12)9-4-7-10-5-8-11(7)2-3-13-8/h2-3,5H,4H2,1H3,(H,9,12). The number of carbonyl (C=O) groups excluding carboxylic acids is 1. The van der Waals surface area contributed by atoms with Crippen molar-refractivity contribution in [1.82, 2.24) is 14.7 Å². The summed E-state index contributed by atoms with van der Waals surface area (Å²) in [4.78, 5) is 16.0. The van der Waals surface area contributed by atoms with Gasteiger partial charge in [-0.15, -0.1) is 11.3 Å². The zero-order valence-corrected chi connectivity index (χ0v) is 7.97. The smallest absolute Gasteiger partial charge is 0.217 e. The van der Waals surface area contributed by atoms with Gasteiger partial charge in [0.25, 0.3) is 0 Å². The van der Waals surface area contributed by atoms with Crippen LogP contribution in [0.5, 0.6) is 0 Å². The van der Waals surface area contributed by atoms with Gasteiger partial charge in [0.15, 0.2) is 0 Å². The maximum Gasteiger partial charge on any atom is 0.217 e. The van der Waals surface area contributed by atoms with E-state index in [-0.39, 0.29) is 5.91 Å². The molecule has 2 rings (SSSR count). The molecule has 1 amide bonds. The number of hydrogen-bond donors (Lipinski definition) is 1. The van der Waals surface area contributed by atoms with Crippen LogP contribution in [-0.4, -0.2) is 15.3 Å². The molecule has 0 unspecified atom stereocenters. The van der Waals surface area contributed by atoms with E-state index in [4.69, 9.17) is 0 Å². The van der Waals surface area contributed by atoms with Crippen LogP contribution in [0.3, 0.4) is 0 Å². The average Bonchev–Trinajstić information content (AvgIpc) is 2.60. The minimum atomic E-state index is -0.0352. The summed E-state index contributed by atoms with van der Waals surface area (Å²) in [7, 11) is 0. The third-order valence-corrected chi connectivity index (χ3v) is 2.54. The Morgan fingerprint density at radius 2 is 2.62 bits per heavy atom. The molecule has 4 nitrogen and oxygen atoms in total. The average molecular weight is 195 g/mol. The van der Waals surface area contributed by atoms with Gasteiger partial charge in [-0.1, -0.05) is 0 Å². The Morgan fingerprint density at radius 3 is 3.38 bits per heavy atom. The summed E-state index contributed by atoms with van der Waals surface area (Å²) in [5, 5.41) is 4.71. The van der Waals surface area contributed by atoms with Gasteiger partial charge in [-0.2, -0.15) is 0 Å². The highest BCUT2D eigenvalue weighted by Crippen LogP contribution is 2.12. The van der Waals surface area contributed by atoms with E-state index in [0.717, 1.165) is 10.7 Å². The number of nitrogens with one attached hydrogen (secondary N) is 1. The van der Waals surface area contributed by atoms with Gasteiger partial charge < -0.3 is 5.32 Å². The minimum Gasteiger partial charge on any atom is -0.349 e. The van der Waals surface area contributed by atoms with E-state index in [9.17, 15) is 4.79 Å². The number of nitrogens with zero attached hydrogens (tertiary/aromatic N) is 2. The van der Waals surface area contributed by atoms with Crippen molar-refractivity contribution in [2.45, 2.75) is 13.5 Å². The van der Waals surface area contributed by atoms with Crippen LogP contribution in [0.2, 0.25) is 0 Å². The number of thiazole rings is 1. The highest BCUT2D eigenvalue weighted by Gasteiger charge is 2.03. The second-order valence-electron chi connectivity index (χ2n) is 2.70. The van der Waals surface area contributed by atoms with Crippen LogP contribution in [0, 0.1) is 0 Å². The lowest BCUT2D eigenvalue weighted by atomic mass is 10.5. The van der Waals surface area contributed by atoms with E-state index in [1.807, 2.05) is 22.2 Å². The first-order chi connectivity index (χ1) is 6.27. The predicted molar refractivity (Wildman–Crippen MR) is 50.6 cm³/mol. The normalized spacial score (nSPS) is 10.5. The Bertz CT molecular complexity index is 431. The molecule has 0 aliphatic rings. The van der Waals surface area contributed by atoms with Gasteiger partial charge in [0, 0.05) is 18.5 Å². The fraction of sp³-hybridized carbons (Fsp3) is 0.250. The van der Waals surface area contributed by atoms with Crippen molar-refractivity contribution >= 4 is 22.1 Å². The van der Waals surface area contributed by atoms with E-state index in [1.165, 1.54) is 6.92 Å². The molecular weight excluding hydrogens is 186 g/mol. The van der Waals surface area contributed by atoms with Gasteiger partial charge in [0.2, 0.25) is 5.91 Å². The van der Waals surface area contributed by atoms with Crippen molar-refractivity contribution in [1.29, 1.82) is 0 Å². The molecule has 0 aromatic carbocycles. The molecule has 0 bridgehead atoms. The monoisotopic (exact) mass is 195 g/mol. The topological polar surface area (TPSA) is 46.4 Å². The molecule has 0 fully saturated rings.